The van der Waals surface area contributed by atoms with E-state index < -0.39 is 0 Å². The van der Waals surface area contributed by atoms with Gasteiger partial charge in [-0.2, -0.15) is 0 Å². The van der Waals surface area contributed by atoms with Gasteiger partial charge in [-0.05, 0) is 0 Å². The molecule has 0 unspecified atom stereocenters. The lowest BCUT2D eigenvalue weighted by atomic mass is 10.2. The van der Waals surface area contributed by atoms with Gasteiger partial charge in [0, 0.05) is 40.0 Å². The number of carbonyl (C=O) groups excluding carboxylic acids is 1. The van der Waals surface area contributed by atoms with Gasteiger partial charge in [0.25, 0.3) is 0 Å². The van der Waals surface area contributed by atoms with Gasteiger partial charge in [-0.3, -0.25) is 4.79 Å². The fourth-order valence-electron chi connectivity index (χ4n) is 1.43. The quantitative estimate of drug-likeness (QED) is 0.367. The van der Waals surface area contributed by atoms with Crippen LogP contribution in [0.5, 0.6) is 0 Å². The predicted octanol–water partition coefficient (Wildman–Crippen LogP) is 5.83. The molecule has 0 saturated carbocycles. The fraction of sp³-hybridized carbons (Fsp3) is 0.938. The van der Waals surface area contributed by atoms with E-state index in [2.05, 4.69) is 41.5 Å². The van der Waals surface area contributed by atoms with Crippen LogP contribution in [0.15, 0.2) is 0 Å². The molecular weight excluding hydrogens is 350 g/mol. The Bertz CT molecular complexity index is 299. The summed E-state index contributed by atoms with van der Waals surface area (Å²) in [6.45, 7) is 19.0. The van der Waals surface area contributed by atoms with Crippen molar-refractivity contribution in [3.05, 3.63) is 0 Å². The van der Waals surface area contributed by atoms with Gasteiger partial charge in [0.2, 0.25) is 5.91 Å². The molecule has 132 valence electrons. The van der Waals surface area contributed by atoms with Crippen LogP contribution in [0.3, 0.4) is 0 Å². The number of amides is 1. The molecule has 0 aliphatic carbocycles. The first-order chi connectivity index (χ1) is 9.92. The van der Waals surface area contributed by atoms with Gasteiger partial charge in [0.15, 0.2) is 0 Å². The van der Waals surface area contributed by atoms with Gasteiger partial charge in [0.1, 0.15) is 0 Å². The minimum atomic E-state index is 0.0838. The number of rotatable bonds is 9. The van der Waals surface area contributed by atoms with E-state index >= 15 is 0 Å². The van der Waals surface area contributed by atoms with Crippen molar-refractivity contribution in [3.63, 3.8) is 0 Å². The lowest BCUT2D eigenvalue weighted by Gasteiger charge is -2.25. The molecule has 0 rings (SSSR count). The molecule has 0 aromatic carbocycles. The van der Waals surface area contributed by atoms with Gasteiger partial charge in [-0.15, -0.1) is 0 Å². The SMILES string of the molecule is CC(C)C(=O)N(CCSSC(C)(C)C)CCSSC(C)(C)C. The number of hydrogen-bond donors (Lipinski definition) is 0. The Hall–Kier alpha value is 0.870. The maximum Gasteiger partial charge on any atom is 0.225 e. The van der Waals surface area contributed by atoms with Gasteiger partial charge in [0.05, 0.1) is 0 Å². The van der Waals surface area contributed by atoms with Gasteiger partial charge < -0.3 is 4.90 Å². The minimum absolute atomic E-state index is 0.0838. The Morgan fingerprint density at radius 2 is 1.23 bits per heavy atom. The van der Waals surface area contributed by atoms with Gasteiger partial charge in [-0.1, -0.05) is 98.6 Å². The van der Waals surface area contributed by atoms with E-state index in [1.807, 2.05) is 61.9 Å². The maximum absolute atomic E-state index is 12.3. The molecule has 0 spiro atoms. The molecule has 0 aliphatic heterocycles. The first kappa shape index (κ1) is 22.9. The molecule has 0 bridgehead atoms. The summed E-state index contributed by atoms with van der Waals surface area (Å²) in [5.41, 5.74) is 0. The summed E-state index contributed by atoms with van der Waals surface area (Å²) in [6.07, 6.45) is 0. The van der Waals surface area contributed by atoms with Crippen LogP contribution in [0.2, 0.25) is 0 Å². The van der Waals surface area contributed by atoms with E-state index in [1.165, 1.54) is 0 Å². The number of nitrogens with zero attached hydrogens (tertiary/aromatic N) is 1. The Balaban J connectivity index is 4.19. The monoisotopic (exact) mass is 383 g/mol. The highest BCUT2D eigenvalue weighted by Crippen LogP contribution is 2.36. The summed E-state index contributed by atoms with van der Waals surface area (Å²) in [5, 5.41) is 0. The third-order valence-corrected chi connectivity index (χ3v) is 8.95. The van der Waals surface area contributed by atoms with Crippen molar-refractivity contribution >= 4 is 49.1 Å². The van der Waals surface area contributed by atoms with Crippen molar-refractivity contribution in [1.29, 1.82) is 0 Å². The third kappa shape index (κ3) is 13.3. The summed E-state index contributed by atoms with van der Waals surface area (Å²) in [7, 11) is 7.54. The Kier molecular flexibility index (Phi) is 11.1. The first-order valence-corrected chi connectivity index (χ1v) is 12.5. The molecule has 1 amide bonds. The zero-order valence-electron chi connectivity index (χ0n) is 15.4. The molecule has 0 aromatic heterocycles. The van der Waals surface area contributed by atoms with E-state index in [4.69, 9.17) is 0 Å². The second-order valence-electron chi connectivity index (χ2n) is 7.52. The number of hydrogen-bond acceptors (Lipinski definition) is 5. The first-order valence-electron chi connectivity index (χ1n) is 7.82. The molecule has 0 atom stereocenters. The van der Waals surface area contributed by atoms with E-state index in [0.29, 0.717) is 0 Å². The Labute approximate surface area is 153 Å². The van der Waals surface area contributed by atoms with E-state index in [1.54, 1.807) is 0 Å². The smallest absolute Gasteiger partial charge is 0.225 e. The Morgan fingerprint density at radius 3 is 1.50 bits per heavy atom. The molecule has 0 saturated heterocycles. The van der Waals surface area contributed by atoms with Crippen LogP contribution < -0.4 is 0 Å². The highest BCUT2D eigenvalue weighted by atomic mass is 33.1. The summed E-state index contributed by atoms with van der Waals surface area (Å²) in [6, 6.07) is 0. The molecule has 0 radical (unpaired) electrons. The molecule has 22 heavy (non-hydrogen) atoms. The summed E-state index contributed by atoms with van der Waals surface area (Å²) < 4.78 is 0.549. The zero-order chi connectivity index (χ0) is 17.4. The van der Waals surface area contributed by atoms with Crippen molar-refractivity contribution in [3.8, 4) is 0 Å². The summed E-state index contributed by atoms with van der Waals surface area (Å²) in [5.74, 6) is 2.36. The lowest BCUT2D eigenvalue weighted by Crippen LogP contribution is -2.37. The molecule has 0 aromatic rings. The van der Waals surface area contributed by atoms with Crippen molar-refractivity contribution in [2.24, 2.45) is 5.92 Å². The van der Waals surface area contributed by atoms with Crippen LogP contribution in [-0.4, -0.2) is 44.9 Å². The van der Waals surface area contributed by atoms with Crippen molar-refractivity contribution in [2.45, 2.75) is 64.9 Å². The fourth-order valence-corrected chi connectivity index (χ4v) is 5.96. The number of carbonyl (C=O) groups is 1. The third-order valence-electron chi connectivity index (χ3n) is 2.31. The van der Waals surface area contributed by atoms with Crippen LogP contribution in [0.25, 0.3) is 0 Å². The normalized spacial score (nSPS) is 12.8. The highest BCUT2D eigenvalue weighted by molar-refractivity contribution is 8.77. The molecule has 6 heteroatoms. The maximum atomic E-state index is 12.3. The Morgan fingerprint density at radius 1 is 0.864 bits per heavy atom. The second kappa shape index (κ2) is 10.7. The van der Waals surface area contributed by atoms with Crippen molar-refractivity contribution in [1.82, 2.24) is 4.90 Å². The minimum Gasteiger partial charge on any atom is -0.341 e. The lowest BCUT2D eigenvalue weighted by molar-refractivity contribution is -0.133. The van der Waals surface area contributed by atoms with Crippen molar-refractivity contribution in [2.75, 3.05) is 24.6 Å². The molecular formula is C16H33NOS4. The van der Waals surface area contributed by atoms with Crippen LogP contribution in [0, 0.1) is 5.92 Å². The molecule has 0 aliphatic rings. The summed E-state index contributed by atoms with van der Waals surface area (Å²) >= 11 is 0. The second-order valence-corrected chi connectivity index (χ2v) is 14.0. The van der Waals surface area contributed by atoms with E-state index in [-0.39, 0.29) is 21.3 Å². The summed E-state index contributed by atoms with van der Waals surface area (Å²) in [4.78, 5) is 14.4. The van der Waals surface area contributed by atoms with Crippen molar-refractivity contribution < 1.29 is 4.79 Å². The van der Waals surface area contributed by atoms with Crippen LogP contribution in [0.4, 0.5) is 0 Å². The average molecular weight is 384 g/mol. The topological polar surface area (TPSA) is 20.3 Å². The molecule has 2 nitrogen and oxygen atoms in total. The van der Waals surface area contributed by atoms with Crippen LogP contribution >= 0.6 is 43.2 Å². The largest absolute Gasteiger partial charge is 0.341 e. The molecule has 0 heterocycles. The van der Waals surface area contributed by atoms with Gasteiger partial charge in [-0.25, -0.2) is 0 Å². The van der Waals surface area contributed by atoms with Crippen LogP contribution in [-0.2, 0) is 4.79 Å². The molecule has 0 N–H and O–H groups in total. The van der Waals surface area contributed by atoms with E-state index in [0.717, 1.165) is 24.6 Å². The predicted molar refractivity (Wildman–Crippen MR) is 111 cm³/mol. The van der Waals surface area contributed by atoms with E-state index in [9.17, 15) is 4.79 Å². The molecule has 0 fully saturated rings. The zero-order valence-corrected chi connectivity index (χ0v) is 18.7. The van der Waals surface area contributed by atoms with Crippen LogP contribution in [0.1, 0.15) is 55.4 Å². The average Bonchev–Trinajstić information content (AvgIpc) is 2.33. The van der Waals surface area contributed by atoms with Gasteiger partial charge >= 0.3 is 0 Å². The highest BCUT2D eigenvalue weighted by Gasteiger charge is 2.18. The standard InChI is InChI=1S/C16H33NOS4/c1-13(2)14(18)17(9-11-19-21-15(3,4)5)10-12-20-22-16(6,7)8/h13H,9-12H2,1-8H3.